The maximum atomic E-state index is 12.5. The normalized spacial score (nSPS) is 11.5. The molecule has 0 saturated heterocycles. The number of hydrogen-bond acceptors (Lipinski definition) is 9. The molecule has 35 heavy (non-hydrogen) atoms. The van der Waals surface area contributed by atoms with E-state index in [-0.39, 0.29) is 12.8 Å². The second-order valence-corrected chi connectivity index (χ2v) is 8.06. The van der Waals surface area contributed by atoms with Crippen LogP contribution in [0.4, 0.5) is 5.69 Å². The lowest BCUT2D eigenvalue weighted by Crippen LogP contribution is -2.36. The zero-order valence-electron chi connectivity index (χ0n) is 19.8. The minimum absolute atomic E-state index is 0.0168. The minimum atomic E-state index is -1.02. The Balaban J connectivity index is 1.98. The molecule has 10 nitrogen and oxygen atoms in total. The number of nitrogens with zero attached hydrogens (tertiary/aromatic N) is 1. The number of nitrogens with two attached hydrogens (primary N) is 1. The highest BCUT2D eigenvalue weighted by Gasteiger charge is 2.20. The lowest BCUT2D eigenvalue weighted by Gasteiger charge is -2.16. The topological polar surface area (TPSA) is 142 Å². The van der Waals surface area contributed by atoms with Crippen molar-refractivity contribution >= 4 is 29.1 Å². The first-order chi connectivity index (χ1) is 16.8. The van der Waals surface area contributed by atoms with E-state index < -0.39 is 17.9 Å². The monoisotopic (exact) mass is 501 g/mol. The molecular formula is C24H27N3O7S. The van der Waals surface area contributed by atoms with Gasteiger partial charge in [-0.3, -0.25) is 9.59 Å². The van der Waals surface area contributed by atoms with Crippen LogP contribution in [0.1, 0.15) is 12.8 Å². The van der Waals surface area contributed by atoms with E-state index >= 15 is 0 Å². The maximum absolute atomic E-state index is 12.5. The van der Waals surface area contributed by atoms with Gasteiger partial charge in [-0.1, -0.05) is 6.07 Å². The van der Waals surface area contributed by atoms with E-state index in [0.717, 1.165) is 16.7 Å². The van der Waals surface area contributed by atoms with Crippen LogP contribution >= 0.6 is 11.5 Å². The molecule has 0 aliphatic rings. The molecule has 0 aliphatic heterocycles. The van der Waals surface area contributed by atoms with Gasteiger partial charge in [0.25, 0.3) is 0 Å². The van der Waals surface area contributed by atoms with Crippen molar-refractivity contribution < 1.29 is 33.6 Å². The fourth-order valence-corrected chi connectivity index (χ4v) is 4.19. The number of hydrogen-bond donors (Lipinski definition) is 3. The standard InChI is InChI=1S/C24H27N3O7S/c1-31-18-7-5-13(9-17(18)26-24(30)16(25)6-8-21(28)29)15-12-35-27-22(15)14-10-19(32-2)23(34-4)20(11-14)33-3/h5,7,9-12,16H,6,8,25H2,1-4H3,(H,26,30)(H,28,29)/t16-/m0/s1. The smallest absolute Gasteiger partial charge is 0.303 e. The quantitative estimate of drug-likeness (QED) is 0.359. The number of amides is 1. The molecule has 3 rings (SSSR count). The molecule has 1 heterocycles. The van der Waals surface area contributed by atoms with Gasteiger partial charge in [-0.2, -0.15) is 4.37 Å². The van der Waals surface area contributed by atoms with Gasteiger partial charge in [-0.05, 0) is 47.8 Å². The highest BCUT2D eigenvalue weighted by Crippen LogP contribution is 2.44. The molecule has 11 heteroatoms. The van der Waals surface area contributed by atoms with Crippen LogP contribution in [0.3, 0.4) is 0 Å². The highest BCUT2D eigenvalue weighted by atomic mass is 32.1. The number of anilines is 1. The van der Waals surface area contributed by atoms with Crippen molar-refractivity contribution in [1.82, 2.24) is 4.37 Å². The van der Waals surface area contributed by atoms with Crippen LogP contribution in [-0.2, 0) is 9.59 Å². The van der Waals surface area contributed by atoms with E-state index in [1.54, 1.807) is 26.4 Å². The lowest BCUT2D eigenvalue weighted by molar-refractivity contribution is -0.137. The van der Waals surface area contributed by atoms with Gasteiger partial charge >= 0.3 is 5.97 Å². The number of carbonyl (C=O) groups excluding carboxylic acids is 1. The molecule has 2 aromatic carbocycles. The van der Waals surface area contributed by atoms with E-state index in [1.165, 1.54) is 25.8 Å². The van der Waals surface area contributed by atoms with Gasteiger partial charge in [-0.15, -0.1) is 0 Å². The molecule has 186 valence electrons. The van der Waals surface area contributed by atoms with Crippen LogP contribution in [0.5, 0.6) is 23.0 Å². The number of aliphatic carboxylic acids is 1. The van der Waals surface area contributed by atoms with Crippen molar-refractivity contribution in [3.05, 3.63) is 35.7 Å². The van der Waals surface area contributed by atoms with Crippen LogP contribution in [0.2, 0.25) is 0 Å². The molecule has 0 spiro atoms. The zero-order valence-corrected chi connectivity index (χ0v) is 20.6. The Hall–Kier alpha value is -3.83. The summed E-state index contributed by atoms with van der Waals surface area (Å²) in [7, 11) is 6.11. The third-order valence-corrected chi connectivity index (χ3v) is 5.91. The molecule has 0 fully saturated rings. The first-order valence-electron chi connectivity index (χ1n) is 10.5. The summed E-state index contributed by atoms with van der Waals surface area (Å²) in [6.45, 7) is 0. The van der Waals surface area contributed by atoms with Crippen LogP contribution < -0.4 is 30.0 Å². The van der Waals surface area contributed by atoms with Gasteiger partial charge in [0.1, 0.15) is 5.75 Å². The summed E-state index contributed by atoms with van der Waals surface area (Å²) >= 11 is 1.28. The molecule has 1 amide bonds. The SMILES string of the molecule is COc1ccc(-c2csnc2-c2cc(OC)c(OC)c(OC)c2)cc1NC(=O)[C@@H](N)CCC(=O)O. The Morgan fingerprint density at radius 2 is 1.66 bits per heavy atom. The van der Waals surface area contributed by atoms with Gasteiger partial charge in [0, 0.05) is 22.9 Å². The average molecular weight is 502 g/mol. The summed E-state index contributed by atoms with van der Waals surface area (Å²) in [5, 5.41) is 13.5. The summed E-state index contributed by atoms with van der Waals surface area (Å²) in [4.78, 5) is 23.3. The molecular weight excluding hydrogens is 474 g/mol. The number of carboxylic acids is 1. The van der Waals surface area contributed by atoms with E-state index in [1.807, 2.05) is 23.6 Å². The van der Waals surface area contributed by atoms with Crippen LogP contribution in [0.15, 0.2) is 35.7 Å². The number of aromatic nitrogens is 1. The fourth-order valence-electron chi connectivity index (χ4n) is 3.48. The van der Waals surface area contributed by atoms with E-state index in [2.05, 4.69) is 9.69 Å². The molecule has 0 aliphatic carbocycles. The van der Waals surface area contributed by atoms with E-state index in [4.69, 9.17) is 29.8 Å². The van der Waals surface area contributed by atoms with E-state index in [0.29, 0.717) is 34.4 Å². The molecule has 0 unspecified atom stereocenters. The predicted octanol–water partition coefficient (Wildman–Crippen LogP) is 3.64. The van der Waals surface area contributed by atoms with Crippen molar-refractivity contribution in [3.8, 4) is 45.4 Å². The summed E-state index contributed by atoms with van der Waals surface area (Å²) in [6.07, 6.45) is -0.187. The van der Waals surface area contributed by atoms with Crippen LogP contribution in [-0.4, -0.2) is 55.8 Å². The Kier molecular flexibility index (Phi) is 8.50. The minimum Gasteiger partial charge on any atom is -0.495 e. The van der Waals surface area contributed by atoms with E-state index in [9.17, 15) is 9.59 Å². The maximum Gasteiger partial charge on any atom is 0.303 e. The largest absolute Gasteiger partial charge is 0.495 e. The second-order valence-electron chi connectivity index (χ2n) is 7.43. The van der Waals surface area contributed by atoms with Gasteiger partial charge in [0.15, 0.2) is 11.5 Å². The Morgan fingerprint density at radius 1 is 1.00 bits per heavy atom. The molecule has 3 aromatic rings. The van der Waals surface area contributed by atoms with Gasteiger partial charge < -0.3 is 35.1 Å². The number of ether oxygens (including phenoxy) is 4. The van der Waals surface area contributed by atoms with Gasteiger partial charge in [0.2, 0.25) is 11.7 Å². The molecule has 0 radical (unpaired) electrons. The number of benzene rings is 2. The number of rotatable bonds is 11. The predicted molar refractivity (Wildman–Crippen MR) is 133 cm³/mol. The Bertz CT molecular complexity index is 1190. The third-order valence-electron chi connectivity index (χ3n) is 5.28. The van der Waals surface area contributed by atoms with Crippen molar-refractivity contribution in [3.63, 3.8) is 0 Å². The summed E-state index contributed by atoms with van der Waals surface area (Å²) in [5.41, 5.74) is 9.30. The first kappa shape index (κ1) is 25.8. The van der Waals surface area contributed by atoms with Crippen molar-refractivity contribution in [1.29, 1.82) is 0 Å². The van der Waals surface area contributed by atoms with Crippen molar-refractivity contribution in [2.45, 2.75) is 18.9 Å². The number of nitrogens with one attached hydrogen (secondary N) is 1. The number of methoxy groups -OCH3 is 4. The van der Waals surface area contributed by atoms with Crippen molar-refractivity contribution in [2.75, 3.05) is 33.8 Å². The molecule has 4 N–H and O–H groups in total. The summed E-state index contributed by atoms with van der Waals surface area (Å²) in [6, 6.07) is 7.98. The molecule has 0 saturated carbocycles. The first-order valence-corrected chi connectivity index (χ1v) is 11.4. The summed E-state index contributed by atoms with van der Waals surface area (Å²) < 4.78 is 26.3. The Morgan fingerprint density at radius 3 is 2.23 bits per heavy atom. The number of carbonyl (C=O) groups is 2. The molecule has 1 aromatic heterocycles. The molecule has 0 bridgehead atoms. The third kappa shape index (κ3) is 5.81. The Labute approximate surface area is 206 Å². The second kappa shape index (κ2) is 11.5. The average Bonchev–Trinajstić information content (AvgIpc) is 3.36. The molecule has 1 atom stereocenters. The highest BCUT2D eigenvalue weighted by molar-refractivity contribution is 7.04. The van der Waals surface area contributed by atoms with Gasteiger partial charge in [-0.25, -0.2) is 0 Å². The van der Waals surface area contributed by atoms with Crippen LogP contribution in [0, 0.1) is 0 Å². The number of carboxylic acid groups (broad SMARTS) is 1. The van der Waals surface area contributed by atoms with Gasteiger partial charge in [0.05, 0.1) is 45.9 Å². The lowest BCUT2D eigenvalue weighted by atomic mass is 10.0. The summed E-state index contributed by atoms with van der Waals surface area (Å²) in [5.74, 6) is 0.388. The van der Waals surface area contributed by atoms with Crippen LogP contribution in [0.25, 0.3) is 22.4 Å². The fraction of sp³-hybridized carbons (Fsp3) is 0.292. The zero-order chi connectivity index (χ0) is 25.5. The van der Waals surface area contributed by atoms with Crippen molar-refractivity contribution in [2.24, 2.45) is 5.73 Å².